The molecule has 0 heterocycles. The maximum Gasteiger partial charge on any atom is 0.0167 e. The monoisotopic (exact) mass is 304 g/mol. The maximum atomic E-state index is 3.84. The van der Waals surface area contributed by atoms with Crippen molar-refractivity contribution in [2.24, 2.45) is 5.92 Å². The molecule has 3 aliphatic rings. The van der Waals surface area contributed by atoms with Crippen LogP contribution in [0.15, 0.2) is 11.6 Å². The molecule has 0 saturated heterocycles. The van der Waals surface area contributed by atoms with Crippen LogP contribution in [0.5, 0.6) is 0 Å². The van der Waals surface area contributed by atoms with Crippen LogP contribution in [-0.2, 0) is 0 Å². The van der Waals surface area contributed by atoms with E-state index in [2.05, 4.69) is 16.7 Å². The lowest BCUT2D eigenvalue weighted by Crippen LogP contribution is -2.36. The zero-order valence-electron chi connectivity index (χ0n) is 14.4. The highest BCUT2D eigenvalue weighted by Crippen LogP contribution is 2.25. The molecule has 2 N–H and O–H groups in total. The minimum absolute atomic E-state index is 0.806. The second-order valence-electron chi connectivity index (χ2n) is 7.96. The van der Waals surface area contributed by atoms with E-state index in [1.54, 1.807) is 5.57 Å². The van der Waals surface area contributed by atoms with Gasteiger partial charge in [-0.25, -0.2) is 0 Å². The number of nitrogens with one attached hydrogen (secondary N) is 2. The quantitative estimate of drug-likeness (QED) is 0.703. The Bertz CT molecular complexity index is 338. The first-order valence-electron chi connectivity index (χ1n) is 10.0. The van der Waals surface area contributed by atoms with E-state index in [-0.39, 0.29) is 0 Å². The van der Waals surface area contributed by atoms with E-state index < -0.39 is 0 Å². The molecule has 3 aliphatic carbocycles. The van der Waals surface area contributed by atoms with E-state index in [0.29, 0.717) is 0 Å². The largest absolute Gasteiger partial charge is 0.314 e. The second kappa shape index (κ2) is 9.08. The van der Waals surface area contributed by atoms with E-state index in [9.17, 15) is 0 Å². The summed E-state index contributed by atoms with van der Waals surface area (Å²) in [4.78, 5) is 0. The fourth-order valence-electron chi connectivity index (χ4n) is 4.51. The fourth-order valence-corrected chi connectivity index (χ4v) is 4.51. The third-order valence-corrected chi connectivity index (χ3v) is 6.14. The second-order valence-corrected chi connectivity index (χ2v) is 7.96. The van der Waals surface area contributed by atoms with Gasteiger partial charge >= 0.3 is 0 Å². The lowest BCUT2D eigenvalue weighted by atomic mass is 9.88. The van der Waals surface area contributed by atoms with Gasteiger partial charge in [0.15, 0.2) is 0 Å². The zero-order chi connectivity index (χ0) is 15.0. The Hall–Kier alpha value is -0.340. The molecule has 2 heteroatoms. The highest BCUT2D eigenvalue weighted by Gasteiger charge is 2.19. The van der Waals surface area contributed by atoms with Crippen LogP contribution >= 0.6 is 0 Å². The molecule has 0 bridgehead atoms. The number of allylic oxidation sites excluding steroid dienone is 1. The Morgan fingerprint density at radius 2 is 1.41 bits per heavy atom. The van der Waals surface area contributed by atoms with Crippen molar-refractivity contribution in [2.45, 2.75) is 95.6 Å². The molecule has 0 aliphatic heterocycles. The van der Waals surface area contributed by atoms with E-state index in [0.717, 1.165) is 24.5 Å². The van der Waals surface area contributed by atoms with Gasteiger partial charge in [0.05, 0.1) is 0 Å². The molecule has 2 nitrogen and oxygen atoms in total. The van der Waals surface area contributed by atoms with Gasteiger partial charge in [0.1, 0.15) is 0 Å². The smallest absolute Gasteiger partial charge is 0.0167 e. The first-order valence-corrected chi connectivity index (χ1v) is 10.0. The average Bonchev–Trinajstić information content (AvgIpc) is 2.61. The van der Waals surface area contributed by atoms with Gasteiger partial charge < -0.3 is 10.6 Å². The fraction of sp³-hybridized carbons (Fsp3) is 0.900. The van der Waals surface area contributed by atoms with E-state index in [1.165, 1.54) is 90.0 Å². The van der Waals surface area contributed by atoms with E-state index in [1.807, 2.05) is 0 Å². The molecule has 0 amide bonds. The Labute approximate surface area is 137 Å². The SMILES string of the molecule is C1=C(CNC2CCCCC2)CC[C@H](CNC2CCCCC2)C1. The summed E-state index contributed by atoms with van der Waals surface area (Å²) in [5.41, 5.74) is 1.68. The van der Waals surface area contributed by atoms with E-state index in [4.69, 9.17) is 0 Å². The van der Waals surface area contributed by atoms with Gasteiger partial charge in [-0.2, -0.15) is 0 Å². The highest BCUT2D eigenvalue weighted by atomic mass is 14.9. The molecule has 3 rings (SSSR count). The maximum absolute atomic E-state index is 3.84. The van der Waals surface area contributed by atoms with Crippen LogP contribution in [0.4, 0.5) is 0 Å². The third-order valence-electron chi connectivity index (χ3n) is 6.14. The molecular formula is C20H36N2. The summed E-state index contributed by atoms with van der Waals surface area (Å²) in [7, 11) is 0. The van der Waals surface area contributed by atoms with Crippen LogP contribution in [0.1, 0.15) is 83.5 Å². The van der Waals surface area contributed by atoms with Crippen molar-refractivity contribution in [1.29, 1.82) is 0 Å². The summed E-state index contributed by atoms with van der Waals surface area (Å²) in [6, 6.07) is 1.63. The van der Waals surface area contributed by atoms with Gasteiger partial charge in [-0.15, -0.1) is 0 Å². The normalized spacial score (nSPS) is 28.5. The van der Waals surface area contributed by atoms with Gasteiger partial charge in [-0.3, -0.25) is 0 Å². The van der Waals surface area contributed by atoms with Crippen molar-refractivity contribution in [3.05, 3.63) is 11.6 Å². The molecule has 2 saturated carbocycles. The minimum atomic E-state index is 0.806. The van der Waals surface area contributed by atoms with Gasteiger partial charge in [0.2, 0.25) is 0 Å². The van der Waals surface area contributed by atoms with Gasteiger partial charge in [0, 0.05) is 18.6 Å². The standard InChI is InChI=1S/C20H36N2/c1-3-7-19(8-4-1)21-15-17-11-13-18(14-12-17)16-22-20-9-5-2-6-10-20/h11,18-22H,1-10,12-16H2/t18-/m1/s1. The van der Waals surface area contributed by atoms with Gasteiger partial charge in [-0.05, 0) is 57.4 Å². The summed E-state index contributed by atoms with van der Waals surface area (Å²) in [6.07, 6.45) is 20.9. The summed E-state index contributed by atoms with van der Waals surface area (Å²) < 4.78 is 0. The lowest BCUT2D eigenvalue weighted by molar-refractivity contribution is 0.333. The summed E-state index contributed by atoms with van der Waals surface area (Å²) >= 11 is 0. The summed E-state index contributed by atoms with van der Waals surface area (Å²) in [5, 5.41) is 7.65. The van der Waals surface area contributed by atoms with Crippen LogP contribution in [0.2, 0.25) is 0 Å². The average molecular weight is 305 g/mol. The van der Waals surface area contributed by atoms with Crippen molar-refractivity contribution in [3.63, 3.8) is 0 Å². The molecule has 126 valence electrons. The predicted molar refractivity (Wildman–Crippen MR) is 95.2 cm³/mol. The third kappa shape index (κ3) is 5.38. The molecule has 0 radical (unpaired) electrons. The molecule has 2 fully saturated rings. The molecule has 0 aromatic rings. The Balaban J connectivity index is 1.31. The van der Waals surface area contributed by atoms with Crippen LogP contribution in [0, 0.1) is 5.92 Å². The summed E-state index contributed by atoms with van der Waals surface area (Å²) in [6.45, 7) is 2.41. The number of hydrogen-bond acceptors (Lipinski definition) is 2. The first kappa shape index (κ1) is 16.5. The van der Waals surface area contributed by atoms with Crippen LogP contribution in [-0.4, -0.2) is 25.2 Å². The molecule has 0 spiro atoms. The van der Waals surface area contributed by atoms with Crippen molar-refractivity contribution < 1.29 is 0 Å². The van der Waals surface area contributed by atoms with Crippen LogP contribution in [0.25, 0.3) is 0 Å². The van der Waals surface area contributed by atoms with Crippen molar-refractivity contribution in [2.75, 3.05) is 13.1 Å². The Kier molecular flexibility index (Phi) is 6.81. The van der Waals surface area contributed by atoms with Gasteiger partial charge in [0.25, 0.3) is 0 Å². The van der Waals surface area contributed by atoms with Crippen molar-refractivity contribution in [3.8, 4) is 0 Å². The number of rotatable bonds is 6. The van der Waals surface area contributed by atoms with E-state index >= 15 is 0 Å². The Morgan fingerprint density at radius 1 is 0.773 bits per heavy atom. The molecule has 1 atom stereocenters. The highest BCUT2D eigenvalue weighted by molar-refractivity contribution is 5.09. The van der Waals surface area contributed by atoms with Crippen LogP contribution < -0.4 is 10.6 Å². The van der Waals surface area contributed by atoms with Gasteiger partial charge in [-0.1, -0.05) is 50.2 Å². The van der Waals surface area contributed by atoms with Crippen molar-refractivity contribution >= 4 is 0 Å². The number of hydrogen-bond donors (Lipinski definition) is 2. The first-order chi connectivity index (χ1) is 10.9. The molecule has 0 aromatic carbocycles. The Morgan fingerprint density at radius 3 is 2.00 bits per heavy atom. The predicted octanol–water partition coefficient (Wildman–Crippen LogP) is 4.56. The topological polar surface area (TPSA) is 24.1 Å². The van der Waals surface area contributed by atoms with Crippen LogP contribution in [0.3, 0.4) is 0 Å². The summed E-state index contributed by atoms with van der Waals surface area (Å²) in [5.74, 6) is 0.889. The minimum Gasteiger partial charge on any atom is -0.314 e. The molecule has 0 unspecified atom stereocenters. The molecule has 22 heavy (non-hydrogen) atoms. The molecule has 0 aromatic heterocycles. The molecular weight excluding hydrogens is 268 g/mol. The lowest BCUT2D eigenvalue weighted by Gasteiger charge is -2.28. The van der Waals surface area contributed by atoms with Crippen molar-refractivity contribution in [1.82, 2.24) is 10.6 Å². The zero-order valence-corrected chi connectivity index (χ0v) is 14.4.